The number of rotatable bonds is 7. The number of esters is 1. The Hall–Kier alpha value is -3.43. The molecule has 26 heavy (non-hydrogen) atoms. The standard InChI is InChI=1S/C16H18N4O6/c1-10(2)19-13(8-9-17-19)18-16(22)11(3)25-15(21)7-5-12-4-6-14(26-12)20(23)24/h4-11H,1-3H3,(H,18,22)/b7-5+/t11-/m1/s1. The molecule has 2 rings (SSSR count). The van der Waals surface area contributed by atoms with Crippen molar-refractivity contribution in [3.05, 3.63) is 46.3 Å². The second-order valence-corrected chi connectivity index (χ2v) is 5.59. The molecule has 10 heteroatoms. The SMILES string of the molecule is CC(C)n1nccc1NC(=O)[C@@H](C)OC(=O)/C=C/c1ccc([N+](=O)[O-])o1. The number of carbonyl (C=O) groups is 2. The van der Waals surface area contributed by atoms with Gasteiger partial charge in [-0.3, -0.25) is 14.9 Å². The maximum Gasteiger partial charge on any atom is 0.433 e. The number of nitrogens with zero attached hydrogens (tertiary/aromatic N) is 3. The van der Waals surface area contributed by atoms with Crippen LogP contribution in [-0.4, -0.2) is 32.7 Å². The minimum atomic E-state index is -1.05. The zero-order chi connectivity index (χ0) is 19.3. The molecule has 2 aromatic heterocycles. The maximum atomic E-state index is 12.1. The Morgan fingerprint density at radius 3 is 2.69 bits per heavy atom. The first-order valence-corrected chi connectivity index (χ1v) is 7.75. The van der Waals surface area contributed by atoms with Crippen molar-refractivity contribution in [2.75, 3.05) is 5.32 Å². The minimum Gasteiger partial charge on any atom is -0.449 e. The molecule has 2 heterocycles. The molecular formula is C16H18N4O6. The van der Waals surface area contributed by atoms with Gasteiger partial charge in [-0.2, -0.15) is 5.10 Å². The van der Waals surface area contributed by atoms with Crippen molar-refractivity contribution in [2.45, 2.75) is 32.9 Å². The minimum absolute atomic E-state index is 0.0541. The van der Waals surface area contributed by atoms with E-state index < -0.39 is 28.8 Å². The monoisotopic (exact) mass is 362 g/mol. The van der Waals surface area contributed by atoms with E-state index in [9.17, 15) is 19.7 Å². The lowest BCUT2D eigenvalue weighted by Gasteiger charge is -2.15. The van der Waals surface area contributed by atoms with Crippen LogP contribution in [0.25, 0.3) is 6.08 Å². The lowest BCUT2D eigenvalue weighted by atomic mass is 10.3. The van der Waals surface area contributed by atoms with Gasteiger partial charge in [0, 0.05) is 18.2 Å². The molecule has 0 aromatic carbocycles. The van der Waals surface area contributed by atoms with Gasteiger partial charge in [-0.25, -0.2) is 9.48 Å². The second kappa shape index (κ2) is 8.10. The van der Waals surface area contributed by atoms with Gasteiger partial charge in [0.25, 0.3) is 5.91 Å². The van der Waals surface area contributed by atoms with Crippen molar-refractivity contribution in [1.82, 2.24) is 9.78 Å². The fourth-order valence-corrected chi connectivity index (χ4v) is 2.00. The third-order valence-electron chi connectivity index (χ3n) is 3.25. The molecule has 0 radical (unpaired) electrons. The summed E-state index contributed by atoms with van der Waals surface area (Å²) in [5.74, 6) is -1.13. The van der Waals surface area contributed by atoms with Gasteiger partial charge in [-0.15, -0.1) is 0 Å². The predicted molar refractivity (Wildman–Crippen MR) is 91.2 cm³/mol. The van der Waals surface area contributed by atoms with Crippen LogP contribution in [0.1, 0.15) is 32.6 Å². The topological polar surface area (TPSA) is 130 Å². The van der Waals surface area contributed by atoms with Gasteiger partial charge in [-0.05, 0) is 32.9 Å². The molecule has 0 aliphatic heterocycles. The Morgan fingerprint density at radius 2 is 2.08 bits per heavy atom. The summed E-state index contributed by atoms with van der Waals surface area (Å²) >= 11 is 0. The molecule has 0 bridgehead atoms. The average molecular weight is 362 g/mol. The number of ether oxygens (including phenoxy) is 1. The molecule has 0 aliphatic carbocycles. The van der Waals surface area contributed by atoms with Gasteiger partial charge in [0.15, 0.2) is 6.10 Å². The zero-order valence-corrected chi connectivity index (χ0v) is 14.4. The molecule has 1 amide bonds. The first-order chi connectivity index (χ1) is 12.3. The van der Waals surface area contributed by atoms with Crippen LogP contribution in [0.4, 0.5) is 11.7 Å². The van der Waals surface area contributed by atoms with E-state index in [2.05, 4.69) is 10.4 Å². The van der Waals surface area contributed by atoms with E-state index >= 15 is 0 Å². The number of aromatic nitrogens is 2. The number of nitrogens with one attached hydrogen (secondary N) is 1. The van der Waals surface area contributed by atoms with Gasteiger partial charge in [0.05, 0.1) is 12.3 Å². The lowest BCUT2D eigenvalue weighted by Crippen LogP contribution is -2.30. The van der Waals surface area contributed by atoms with E-state index in [-0.39, 0.29) is 11.8 Å². The molecule has 0 unspecified atom stereocenters. The molecule has 1 atom stereocenters. The summed E-state index contributed by atoms with van der Waals surface area (Å²) < 4.78 is 11.5. The summed E-state index contributed by atoms with van der Waals surface area (Å²) in [5.41, 5.74) is 0. The van der Waals surface area contributed by atoms with Crippen LogP contribution in [-0.2, 0) is 14.3 Å². The number of nitro groups is 1. The highest BCUT2D eigenvalue weighted by Crippen LogP contribution is 2.17. The summed E-state index contributed by atoms with van der Waals surface area (Å²) in [6.07, 6.45) is 2.74. The smallest absolute Gasteiger partial charge is 0.433 e. The predicted octanol–water partition coefficient (Wildman–Crippen LogP) is 2.55. The lowest BCUT2D eigenvalue weighted by molar-refractivity contribution is -0.402. The Bertz CT molecular complexity index is 835. The van der Waals surface area contributed by atoms with E-state index in [1.807, 2.05) is 13.8 Å². The highest BCUT2D eigenvalue weighted by Gasteiger charge is 2.19. The van der Waals surface area contributed by atoms with Gasteiger partial charge in [0.1, 0.15) is 16.5 Å². The van der Waals surface area contributed by atoms with Crippen molar-refractivity contribution >= 4 is 29.7 Å². The number of carbonyl (C=O) groups excluding carboxylic acids is 2. The fraction of sp³-hybridized carbons (Fsp3) is 0.312. The van der Waals surface area contributed by atoms with Crippen LogP contribution >= 0.6 is 0 Å². The highest BCUT2D eigenvalue weighted by molar-refractivity contribution is 5.96. The maximum absolute atomic E-state index is 12.1. The Balaban J connectivity index is 1.91. The molecule has 0 spiro atoms. The van der Waals surface area contributed by atoms with E-state index in [1.54, 1.807) is 16.9 Å². The van der Waals surface area contributed by atoms with Crippen molar-refractivity contribution in [1.29, 1.82) is 0 Å². The van der Waals surface area contributed by atoms with Crippen molar-refractivity contribution in [2.24, 2.45) is 0 Å². The number of amides is 1. The van der Waals surface area contributed by atoms with Crippen LogP contribution in [0.5, 0.6) is 0 Å². The number of furan rings is 1. The summed E-state index contributed by atoms with van der Waals surface area (Å²) in [5, 5.41) is 17.2. The van der Waals surface area contributed by atoms with Crippen molar-refractivity contribution in [3.8, 4) is 0 Å². The van der Waals surface area contributed by atoms with E-state index in [4.69, 9.17) is 9.15 Å². The van der Waals surface area contributed by atoms with Crippen molar-refractivity contribution < 1.29 is 23.7 Å². The van der Waals surface area contributed by atoms with Crippen molar-refractivity contribution in [3.63, 3.8) is 0 Å². The summed E-state index contributed by atoms with van der Waals surface area (Å²) in [4.78, 5) is 33.7. The van der Waals surface area contributed by atoms with Crippen LogP contribution < -0.4 is 5.32 Å². The fourth-order valence-electron chi connectivity index (χ4n) is 2.00. The van der Waals surface area contributed by atoms with E-state index in [0.29, 0.717) is 5.82 Å². The van der Waals surface area contributed by atoms with E-state index in [0.717, 1.165) is 6.08 Å². The summed E-state index contributed by atoms with van der Waals surface area (Å²) in [6.45, 7) is 5.25. The molecule has 0 aliphatic rings. The molecule has 0 saturated carbocycles. The Morgan fingerprint density at radius 1 is 1.35 bits per heavy atom. The largest absolute Gasteiger partial charge is 0.449 e. The normalized spacial score (nSPS) is 12.3. The second-order valence-electron chi connectivity index (χ2n) is 5.59. The summed E-state index contributed by atoms with van der Waals surface area (Å²) in [6, 6.07) is 4.19. The molecule has 10 nitrogen and oxygen atoms in total. The third-order valence-corrected chi connectivity index (χ3v) is 3.25. The van der Waals surface area contributed by atoms with Crippen LogP contribution in [0.3, 0.4) is 0 Å². The molecule has 0 saturated heterocycles. The number of anilines is 1. The van der Waals surface area contributed by atoms with E-state index in [1.165, 1.54) is 25.1 Å². The van der Waals surface area contributed by atoms with Gasteiger partial charge < -0.3 is 14.5 Å². The van der Waals surface area contributed by atoms with Gasteiger partial charge in [0.2, 0.25) is 0 Å². The third kappa shape index (κ3) is 4.79. The van der Waals surface area contributed by atoms with Gasteiger partial charge >= 0.3 is 11.9 Å². The Kier molecular flexibility index (Phi) is 5.89. The molecule has 1 N–H and O–H groups in total. The molecule has 0 fully saturated rings. The first-order valence-electron chi connectivity index (χ1n) is 7.75. The van der Waals surface area contributed by atoms with Gasteiger partial charge in [-0.1, -0.05) is 0 Å². The Labute approximate surface area is 148 Å². The highest BCUT2D eigenvalue weighted by atomic mass is 16.6. The quantitative estimate of drug-likeness (QED) is 0.347. The average Bonchev–Trinajstić information content (AvgIpc) is 3.21. The van der Waals surface area contributed by atoms with Crippen LogP contribution in [0.15, 0.2) is 34.9 Å². The molecule has 2 aromatic rings. The molecular weight excluding hydrogens is 344 g/mol. The summed E-state index contributed by atoms with van der Waals surface area (Å²) in [7, 11) is 0. The first kappa shape index (κ1) is 18.9. The number of hydrogen-bond donors (Lipinski definition) is 1. The van der Waals surface area contributed by atoms with Crippen LogP contribution in [0.2, 0.25) is 0 Å². The number of hydrogen-bond acceptors (Lipinski definition) is 7. The zero-order valence-electron chi connectivity index (χ0n) is 14.4. The van der Waals surface area contributed by atoms with Crippen LogP contribution in [0, 0.1) is 10.1 Å². The molecule has 138 valence electrons.